The third kappa shape index (κ3) is 4.92. The second-order valence-corrected chi connectivity index (χ2v) is 6.96. The van der Waals surface area contributed by atoms with Gasteiger partial charge in [0.25, 0.3) is 0 Å². The topological polar surface area (TPSA) is 96.3 Å². The number of nitrogens with zero attached hydrogens (tertiary/aromatic N) is 2. The zero-order chi connectivity index (χ0) is 17.6. The molecule has 2 heterocycles. The number of aliphatic carboxylic acids is 1. The van der Waals surface area contributed by atoms with Crippen molar-refractivity contribution in [3.05, 3.63) is 24.3 Å². The van der Waals surface area contributed by atoms with Crippen LogP contribution in [0.1, 0.15) is 50.3 Å². The summed E-state index contributed by atoms with van der Waals surface area (Å²) in [6.07, 6.45) is 12.0. The molecule has 136 valence electrons. The maximum absolute atomic E-state index is 12.1. The van der Waals surface area contributed by atoms with E-state index in [1.165, 1.54) is 6.08 Å². The minimum absolute atomic E-state index is 0.0695. The van der Waals surface area contributed by atoms with Crippen LogP contribution in [-0.2, 0) is 9.59 Å². The van der Waals surface area contributed by atoms with Crippen LogP contribution < -0.4 is 10.6 Å². The molecule has 1 saturated carbocycles. The zero-order valence-corrected chi connectivity index (χ0v) is 14.4. The van der Waals surface area contributed by atoms with Crippen molar-refractivity contribution in [3.63, 3.8) is 0 Å². The lowest BCUT2D eigenvalue weighted by molar-refractivity contribution is -0.142. The summed E-state index contributed by atoms with van der Waals surface area (Å²) in [6.45, 7) is 2.06. The van der Waals surface area contributed by atoms with E-state index in [4.69, 9.17) is 5.11 Å². The van der Waals surface area contributed by atoms with Gasteiger partial charge in [0.1, 0.15) is 0 Å². The first kappa shape index (κ1) is 17.7. The first-order chi connectivity index (χ1) is 12.1. The van der Waals surface area contributed by atoms with Crippen molar-refractivity contribution < 1.29 is 14.7 Å². The van der Waals surface area contributed by atoms with E-state index in [1.807, 2.05) is 12.5 Å². The number of carbonyl (C=O) groups is 2. The molecule has 1 saturated heterocycles. The van der Waals surface area contributed by atoms with Gasteiger partial charge in [0.15, 0.2) is 0 Å². The summed E-state index contributed by atoms with van der Waals surface area (Å²) in [7, 11) is 0. The Bertz CT molecular complexity index is 626. The summed E-state index contributed by atoms with van der Waals surface area (Å²) in [5.74, 6) is -1.13. The summed E-state index contributed by atoms with van der Waals surface area (Å²) in [5, 5.41) is 15.3. The van der Waals surface area contributed by atoms with E-state index in [1.54, 1.807) is 6.08 Å². The molecule has 0 radical (unpaired) electrons. The highest BCUT2D eigenvalue weighted by atomic mass is 16.4. The quantitative estimate of drug-likeness (QED) is 0.704. The van der Waals surface area contributed by atoms with Crippen LogP contribution in [0.3, 0.4) is 0 Å². The van der Waals surface area contributed by atoms with Crippen molar-refractivity contribution in [1.82, 2.24) is 20.2 Å². The van der Waals surface area contributed by atoms with Gasteiger partial charge in [-0.15, -0.1) is 0 Å². The molecular weight excluding hydrogens is 320 g/mol. The second-order valence-electron chi connectivity index (χ2n) is 6.96. The molecule has 7 heteroatoms. The Kier molecular flexibility index (Phi) is 5.86. The van der Waals surface area contributed by atoms with Crippen molar-refractivity contribution >= 4 is 18.0 Å². The van der Waals surface area contributed by atoms with E-state index in [2.05, 4.69) is 20.2 Å². The van der Waals surface area contributed by atoms with Gasteiger partial charge in [0.2, 0.25) is 5.91 Å². The molecule has 0 unspecified atom stereocenters. The number of carboxylic acid groups (broad SMARTS) is 1. The Labute approximate surface area is 147 Å². The van der Waals surface area contributed by atoms with Gasteiger partial charge in [0.05, 0.1) is 17.9 Å². The highest BCUT2D eigenvalue weighted by Gasteiger charge is 2.26. The summed E-state index contributed by atoms with van der Waals surface area (Å²) in [5.41, 5.74) is 0.781. The standard InChI is InChI=1S/C18H26N4O3/c23-17(21-14-3-1-13(2-4-14)18(24)25)6-5-15-11-22(12-20-15)16-7-9-19-10-8-16/h5-6,11-14,16,19H,1-4,7-10H2,(H,21,23)(H,24,25). The molecule has 2 aliphatic rings. The van der Waals surface area contributed by atoms with Gasteiger partial charge in [-0.05, 0) is 57.7 Å². The lowest BCUT2D eigenvalue weighted by Gasteiger charge is -2.26. The molecule has 1 aromatic heterocycles. The Hall–Kier alpha value is -2.15. The van der Waals surface area contributed by atoms with Crippen LogP contribution >= 0.6 is 0 Å². The number of aromatic nitrogens is 2. The van der Waals surface area contributed by atoms with Gasteiger partial charge in [-0.25, -0.2) is 4.98 Å². The first-order valence-corrected chi connectivity index (χ1v) is 9.07. The van der Waals surface area contributed by atoms with Crippen molar-refractivity contribution in [2.45, 2.75) is 50.6 Å². The van der Waals surface area contributed by atoms with E-state index < -0.39 is 5.97 Å². The Morgan fingerprint density at radius 3 is 2.60 bits per heavy atom. The van der Waals surface area contributed by atoms with E-state index in [9.17, 15) is 9.59 Å². The number of piperidine rings is 1. The van der Waals surface area contributed by atoms with Gasteiger partial charge in [-0.3, -0.25) is 9.59 Å². The normalized spacial score (nSPS) is 25.1. The summed E-state index contributed by atoms with van der Waals surface area (Å²) in [4.78, 5) is 27.3. The SMILES string of the molecule is O=C(C=Cc1cn(C2CCNCC2)cn1)NC1CCC(C(=O)O)CC1. The number of carbonyl (C=O) groups excluding carboxylic acids is 1. The number of amides is 1. The predicted octanol–water partition coefficient (Wildman–Crippen LogP) is 1.58. The number of nitrogens with one attached hydrogen (secondary N) is 2. The van der Waals surface area contributed by atoms with Crippen LogP contribution in [0.15, 0.2) is 18.6 Å². The lowest BCUT2D eigenvalue weighted by atomic mass is 9.86. The van der Waals surface area contributed by atoms with Crippen LogP contribution in [0.25, 0.3) is 6.08 Å². The molecule has 1 aliphatic carbocycles. The monoisotopic (exact) mass is 346 g/mol. The zero-order valence-electron chi connectivity index (χ0n) is 14.4. The van der Waals surface area contributed by atoms with Crippen molar-refractivity contribution in [3.8, 4) is 0 Å². The largest absolute Gasteiger partial charge is 0.481 e. The number of imidazole rings is 1. The van der Waals surface area contributed by atoms with E-state index in [0.29, 0.717) is 18.9 Å². The van der Waals surface area contributed by atoms with E-state index >= 15 is 0 Å². The minimum Gasteiger partial charge on any atom is -0.481 e. The average molecular weight is 346 g/mol. The highest BCUT2D eigenvalue weighted by Crippen LogP contribution is 2.24. The van der Waals surface area contributed by atoms with Crippen LogP contribution in [0.4, 0.5) is 0 Å². The average Bonchev–Trinajstić information content (AvgIpc) is 3.10. The van der Waals surface area contributed by atoms with Crippen molar-refractivity contribution in [2.75, 3.05) is 13.1 Å². The number of rotatable bonds is 5. The molecule has 2 fully saturated rings. The Balaban J connectivity index is 1.46. The Morgan fingerprint density at radius 1 is 1.20 bits per heavy atom. The summed E-state index contributed by atoms with van der Waals surface area (Å²) < 4.78 is 2.13. The molecule has 1 amide bonds. The van der Waals surface area contributed by atoms with Gasteiger partial charge in [-0.1, -0.05) is 0 Å². The summed E-state index contributed by atoms with van der Waals surface area (Å²) >= 11 is 0. The number of carboxylic acids is 1. The fourth-order valence-electron chi connectivity index (χ4n) is 3.64. The van der Waals surface area contributed by atoms with Crippen LogP contribution in [0, 0.1) is 5.92 Å². The van der Waals surface area contributed by atoms with E-state index in [0.717, 1.165) is 44.5 Å². The molecule has 25 heavy (non-hydrogen) atoms. The summed E-state index contributed by atoms with van der Waals surface area (Å²) in [6, 6.07) is 0.550. The molecular formula is C18H26N4O3. The van der Waals surface area contributed by atoms with Gasteiger partial charge in [0, 0.05) is 24.4 Å². The van der Waals surface area contributed by atoms with Crippen LogP contribution in [0.2, 0.25) is 0 Å². The molecule has 0 spiro atoms. The van der Waals surface area contributed by atoms with Gasteiger partial charge >= 0.3 is 5.97 Å². The third-order valence-corrected chi connectivity index (χ3v) is 5.18. The predicted molar refractivity (Wildman–Crippen MR) is 93.9 cm³/mol. The number of hydrogen-bond acceptors (Lipinski definition) is 4. The fraction of sp³-hybridized carbons (Fsp3) is 0.611. The number of hydrogen-bond donors (Lipinski definition) is 3. The van der Waals surface area contributed by atoms with Crippen LogP contribution in [-0.4, -0.2) is 45.7 Å². The molecule has 7 nitrogen and oxygen atoms in total. The fourth-order valence-corrected chi connectivity index (χ4v) is 3.64. The van der Waals surface area contributed by atoms with Crippen molar-refractivity contribution in [2.24, 2.45) is 5.92 Å². The second kappa shape index (κ2) is 8.29. The maximum Gasteiger partial charge on any atom is 0.306 e. The molecule has 1 aromatic rings. The van der Waals surface area contributed by atoms with Gasteiger partial charge in [-0.2, -0.15) is 0 Å². The molecule has 0 bridgehead atoms. The minimum atomic E-state index is -0.728. The maximum atomic E-state index is 12.1. The van der Waals surface area contributed by atoms with E-state index in [-0.39, 0.29) is 17.9 Å². The third-order valence-electron chi connectivity index (χ3n) is 5.18. The van der Waals surface area contributed by atoms with Gasteiger partial charge < -0.3 is 20.3 Å². The molecule has 3 rings (SSSR count). The van der Waals surface area contributed by atoms with Crippen molar-refractivity contribution in [1.29, 1.82) is 0 Å². The smallest absolute Gasteiger partial charge is 0.306 e. The molecule has 3 N–H and O–H groups in total. The Morgan fingerprint density at radius 2 is 1.92 bits per heavy atom. The highest BCUT2D eigenvalue weighted by molar-refractivity contribution is 5.91. The molecule has 1 aliphatic heterocycles. The lowest BCUT2D eigenvalue weighted by Crippen LogP contribution is -2.37. The molecule has 0 aromatic carbocycles. The molecule has 0 atom stereocenters. The first-order valence-electron chi connectivity index (χ1n) is 9.07. The van der Waals surface area contributed by atoms with Crippen LogP contribution in [0.5, 0.6) is 0 Å².